The topological polar surface area (TPSA) is 130 Å². The molecule has 2 rings (SSSR count). The standard InChI is InChI=1S/C22H28N4O6S/c1-16-10-11-19(26(29)30)14-20(16)25(33(4,31)32)15-21(27)24(17(2)22(28)23-3)13-12-18-8-6-5-7-9-18/h5-11,14,17H,12-13,15H2,1-4H3,(H,23,28)/t17-/m0/s1. The molecular formula is C22H28N4O6S. The van der Waals surface area contributed by atoms with Gasteiger partial charge in [-0.15, -0.1) is 0 Å². The van der Waals surface area contributed by atoms with Gasteiger partial charge in [0.25, 0.3) is 5.69 Å². The summed E-state index contributed by atoms with van der Waals surface area (Å²) < 4.78 is 26.0. The second-order valence-electron chi connectivity index (χ2n) is 7.61. The van der Waals surface area contributed by atoms with Gasteiger partial charge in [-0.25, -0.2) is 8.42 Å². The molecule has 0 fully saturated rings. The molecule has 2 aromatic rings. The molecule has 0 aliphatic rings. The van der Waals surface area contributed by atoms with E-state index in [1.807, 2.05) is 30.3 Å². The van der Waals surface area contributed by atoms with Gasteiger partial charge in [-0.3, -0.25) is 24.0 Å². The van der Waals surface area contributed by atoms with E-state index in [-0.39, 0.29) is 17.9 Å². The molecule has 2 aromatic carbocycles. The summed E-state index contributed by atoms with van der Waals surface area (Å²) in [6.45, 7) is 2.74. The third-order valence-electron chi connectivity index (χ3n) is 5.25. The number of anilines is 1. The van der Waals surface area contributed by atoms with Crippen LogP contribution < -0.4 is 9.62 Å². The van der Waals surface area contributed by atoms with Gasteiger partial charge in [0.2, 0.25) is 21.8 Å². The highest BCUT2D eigenvalue weighted by molar-refractivity contribution is 7.92. The Balaban J connectivity index is 2.39. The number of carbonyl (C=O) groups excluding carboxylic acids is 2. The number of benzene rings is 2. The Morgan fingerprint density at radius 2 is 1.79 bits per heavy atom. The summed E-state index contributed by atoms with van der Waals surface area (Å²) in [6, 6.07) is 12.3. The number of carbonyl (C=O) groups is 2. The number of sulfonamides is 1. The number of aryl methyl sites for hydroxylation is 1. The van der Waals surface area contributed by atoms with Crippen LogP contribution in [0.15, 0.2) is 48.5 Å². The Labute approximate surface area is 193 Å². The molecule has 0 saturated heterocycles. The summed E-state index contributed by atoms with van der Waals surface area (Å²) in [5, 5.41) is 13.7. The highest BCUT2D eigenvalue weighted by Gasteiger charge is 2.30. The van der Waals surface area contributed by atoms with Crippen molar-refractivity contribution < 1.29 is 22.9 Å². The van der Waals surface area contributed by atoms with Crippen molar-refractivity contribution in [3.05, 3.63) is 69.8 Å². The van der Waals surface area contributed by atoms with Gasteiger partial charge < -0.3 is 10.2 Å². The predicted octanol–water partition coefficient (Wildman–Crippen LogP) is 1.88. The highest BCUT2D eigenvalue weighted by atomic mass is 32.2. The van der Waals surface area contributed by atoms with E-state index in [1.165, 1.54) is 24.1 Å². The Morgan fingerprint density at radius 1 is 1.15 bits per heavy atom. The average Bonchev–Trinajstić information content (AvgIpc) is 2.77. The van der Waals surface area contributed by atoms with E-state index < -0.39 is 39.3 Å². The maximum atomic E-state index is 13.3. The van der Waals surface area contributed by atoms with Crippen LogP contribution in [0.1, 0.15) is 18.1 Å². The summed E-state index contributed by atoms with van der Waals surface area (Å²) in [7, 11) is -2.52. The fourth-order valence-corrected chi connectivity index (χ4v) is 4.25. The largest absolute Gasteiger partial charge is 0.357 e. The monoisotopic (exact) mass is 476 g/mol. The molecule has 0 bridgehead atoms. The quantitative estimate of drug-likeness (QED) is 0.412. The van der Waals surface area contributed by atoms with Crippen LogP contribution in [0.3, 0.4) is 0 Å². The SMILES string of the molecule is CNC(=O)[C@H](C)N(CCc1ccccc1)C(=O)CN(c1cc([N+](=O)[O-])ccc1C)S(C)(=O)=O. The van der Waals surface area contributed by atoms with Gasteiger partial charge >= 0.3 is 0 Å². The third-order valence-corrected chi connectivity index (χ3v) is 6.38. The summed E-state index contributed by atoms with van der Waals surface area (Å²) >= 11 is 0. The highest BCUT2D eigenvalue weighted by Crippen LogP contribution is 2.27. The number of amides is 2. The first kappa shape index (κ1) is 25.8. The molecule has 11 heteroatoms. The van der Waals surface area contributed by atoms with Gasteiger partial charge in [0.05, 0.1) is 16.9 Å². The molecule has 10 nitrogen and oxygen atoms in total. The molecule has 0 radical (unpaired) electrons. The number of nitrogens with zero attached hydrogens (tertiary/aromatic N) is 3. The minimum Gasteiger partial charge on any atom is -0.357 e. The van der Waals surface area contributed by atoms with Crippen LogP contribution in [0, 0.1) is 17.0 Å². The van der Waals surface area contributed by atoms with Crippen LogP contribution in [0.2, 0.25) is 0 Å². The molecule has 0 aliphatic heterocycles. The van der Waals surface area contributed by atoms with Crippen molar-refractivity contribution in [2.24, 2.45) is 0 Å². The fraction of sp³-hybridized carbons (Fsp3) is 0.364. The lowest BCUT2D eigenvalue weighted by atomic mass is 10.1. The van der Waals surface area contributed by atoms with Crippen LogP contribution in [0.5, 0.6) is 0 Å². The zero-order valence-corrected chi connectivity index (χ0v) is 19.8. The summed E-state index contributed by atoms with van der Waals surface area (Å²) in [5.74, 6) is -0.993. The molecule has 1 N–H and O–H groups in total. The second-order valence-corrected chi connectivity index (χ2v) is 9.52. The number of nitro benzene ring substituents is 1. The number of nitro groups is 1. The normalized spacial score (nSPS) is 12.0. The maximum absolute atomic E-state index is 13.3. The molecule has 0 aromatic heterocycles. The molecule has 178 valence electrons. The molecule has 1 atom stereocenters. The molecular weight excluding hydrogens is 448 g/mol. The van der Waals surface area contributed by atoms with Crippen molar-refractivity contribution in [2.75, 3.05) is 30.7 Å². The van der Waals surface area contributed by atoms with Gasteiger partial charge in [0, 0.05) is 25.7 Å². The van der Waals surface area contributed by atoms with E-state index >= 15 is 0 Å². The lowest BCUT2D eigenvalue weighted by molar-refractivity contribution is -0.384. The first-order chi connectivity index (χ1) is 15.5. The maximum Gasteiger partial charge on any atom is 0.271 e. The van der Waals surface area contributed by atoms with Crippen LogP contribution in [-0.4, -0.2) is 62.5 Å². The van der Waals surface area contributed by atoms with Crippen molar-refractivity contribution in [1.82, 2.24) is 10.2 Å². The molecule has 0 spiro atoms. The molecule has 33 heavy (non-hydrogen) atoms. The van der Waals surface area contributed by atoms with Crippen LogP contribution in [0.25, 0.3) is 0 Å². The zero-order chi connectivity index (χ0) is 24.8. The first-order valence-electron chi connectivity index (χ1n) is 10.2. The van der Waals surface area contributed by atoms with Gasteiger partial charge in [-0.2, -0.15) is 0 Å². The number of rotatable bonds is 10. The molecule has 2 amide bonds. The summed E-state index contributed by atoms with van der Waals surface area (Å²) in [4.78, 5) is 37.5. The lowest BCUT2D eigenvalue weighted by Crippen LogP contribution is -2.51. The first-order valence-corrected chi connectivity index (χ1v) is 12.1. The van der Waals surface area contributed by atoms with Crippen molar-refractivity contribution in [1.29, 1.82) is 0 Å². The molecule has 0 saturated carbocycles. The van der Waals surface area contributed by atoms with Crippen LogP contribution in [-0.2, 0) is 26.0 Å². The average molecular weight is 477 g/mol. The lowest BCUT2D eigenvalue weighted by Gasteiger charge is -2.31. The number of non-ortho nitro benzene ring substituents is 1. The van der Waals surface area contributed by atoms with Gasteiger partial charge in [0.15, 0.2) is 0 Å². The Hall–Kier alpha value is -3.47. The van der Waals surface area contributed by atoms with Gasteiger partial charge in [-0.05, 0) is 31.4 Å². The minimum atomic E-state index is -3.97. The summed E-state index contributed by atoms with van der Waals surface area (Å²) in [6.07, 6.45) is 1.39. The van der Waals surface area contributed by atoms with Crippen molar-refractivity contribution in [3.8, 4) is 0 Å². The number of hydrogen-bond donors (Lipinski definition) is 1. The molecule has 0 aliphatic carbocycles. The van der Waals surface area contributed by atoms with E-state index in [0.29, 0.717) is 12.0 Å². The van der Waals surface area contributed by atoms with Gasteiger partial charge in [-0.1, -0.05) is 36.4 Å². The number of likely N-dealkylation sites (N-methyl/N-ethyl adjacent to an activating group) is 1. The second kappa shape index (κ2) is 10.9. The Kier molecular flexibility index (Phi) is 8.52. The van der Waals surface area contributed by atoms with Crippen molar-refractivity contribution in [2.45, 2.75) is 26.3 Å². The third kappa shape index (κ3) is 6.75. The molecule has 0 heterocycles. The summed E-state index contributed by atoms with van der Waals surface area (Å²) in [5.41, 5.74) is 1.15. The van der Waals surface area contributed by atoms with E-state index in [0.717, 1.165) is 22.2 Å². The fourth-order valence-electron chi connectivity index (χ4n) is 3.35. The van der Waals surface area contributed by atoms with Crippen molar-refractivity contribution >= 4 is 33.2 Å². The van der Waals surface area contributed by atoms with Crippen LogP contribution in [0.4, 0.5) is 11.4 Å². The van der Waals surface area contributed by atoms with E-state index in [4.69, 9.17) is 0 Å². The van der Waals surface area contributed by atoms with Crippen molar-refractivity contribution in [3.63, 3.8) is 0 Å². The smallest absolute Gasteiger partial charge is 0.271 e. The number of nitrogens with one attached hydrogen (secondary N) is 1. The Bertz CT molecular complexity index is 1120. The van der Waals surface area contributed by atoms with Crippen LogP contribution >= 0.6 is 0 Å². The zero-order valence-electron chi connectivity index (χ0n) is 19.0. The minimum absolute atomic E-state index is 0.0376. The van der Waals surface area contributed by atoms with E-state index in [1.54, 1.807) is 13.8 Å². The van der Waals surface area contributed by atoms with Gasteiger partial charge in [0.1, 0.15) is 12.6 Å². The Morgan fingerprint density at radius 3 is 2.33 bits per heavy atom. The predicted molar refractivity (Wildman–Crippen MR) is 125 cm³/mol. The molecule has 0 unspecified atom stereocenters. The van der Waals surface area contributed by atoms with E-state index in [2.05, 4.69) is 5.32 Å². The van der Waals surface area contributed by atoms with E-state index in [9.17, 15) is 28.1 Å². The number of hydrogen-bond acceptors (Lipinski definition) is 6.